The summed E-state index contributed by atoms with van der Waals surface area (Å²) in [5.74, 6) is 0.436. The molecule has 0 atom stereocenters. The Kier molecular flexibility index (Phi) is 3.22. The molecular formula is C11H14N4O2. The third kappa shape index (κ3) is 3.44. The topological polar surface area (TPSA) is 93.5 Å². The zero-order valence-electron chi connectivity index (χ0n) is 9.30. The minimum atomic E-state index is -0.421. The maximum Gasteiger partial charge on any atom is 0.269 e. The summed E-state index contributed by atoms with van der Waals surface area (Å²) < 4.78 is 0. The Morgan fingerprint density at radius 1 is 1.47 bits per heavy atom. The van der Waals surface area contributed by atoms with Gasteiger partial charge in [-0.25, -0.2) is 4.99 Å². The molecule has 6 nitrogen and oxygen atoms in total. The number of aliphatic imine (C=N–C) groups is 1. The van der Waals surface area contributed by atoms with Crippen molar-refractivity contribution in [3.63, 3.8) is 0 Å². The van der Waals surface area contributed by atoms with E-state index in [1.54, 1.807) is 12.1 Å². The van der Waals surface area contributed by atoms with E-state index in [2.05, 4.69) is 10.3 Å². The lowest BCUT2D eigenvalue weighted by Crippen LogP contribution is -2.33. The van der Waals surface area contributed by atoms with Crippen LogP contribution in [0.2, 0.25) is 0 Å². The summed E-state index contributed by atoms with van der Waals surface area (Å²) in [7, 11) is 0. The van der Waals surface area contributed by atoms with Gasteiger partial charge in [-0.15, -0.1) is 0 Å². The molecule has 1 fully saturated rings. The van der Waals surface area contributed by atoms with Crippen molar-refractivity contribution in [3.05, 3.63) is 39.9 Å². The molecule has 0 amide bonds. The van der Waals surface area contributed by atoms with Crippen LogP contribution in [0.1, 0.15) is 18.4 Å². The fraction of sp³-hybridized carbons (Fsp3) is 0.364. The molecule has 1 aromatic carbocycles. The van der Waals surface area contributed by atoms with E-state index in [0.717, 1.165) is 18.4 Å². The number of hydrogen-bond donors (Lipinski definition) is 2. The fourth-order valence-electron chi connectivity index (χ4n) is 1.38. The molecule has 6 heteroatoms. The van der Waals surface area contributed by atoms with Crippen molar-refractivity contribution in [1.82, 2.24) is 5.32 Å². The summed E-state index contributed by atoms with van der Waals surface area (Å²) in [6.45, 7) is 0.434. The lowest BCUT2D eigenvalue weighted by molar-refractivity contribution is -0.384. The van der Waals surface area contributed by atoms with Crippen molar-refractivity contribution in [3.8, 4) is 0 Å². The first-order chi connectivity index (χ1) is 8.15. The first kappa shape index (κ1) is 11.4. The van der Waals surface area contributed by atoms with Gasteiger partial charge in [0.2, 0.25) is 0 Å². The Morgan fingerprint density at radius 3 is 2.65 bits per heavy atom. The van der Waals surface area contributed by atoms with E-state index < -0.39 is 4.92 Å². The lowest BCUT2D eigenvalue weighted by atomic mass is 10.2. The standard InChI is InChI=1S/C11H14N4O2/c12-11(14-9-3-4-9)13-7-8-1-5-10(6-2-8)15(16)17/h1-2,5-6,9H,3-4,7H2,(H3,12,13,14). The quantitative estimate of drug-likeness (QED) is 0.354. The molecule has 0 spiro atoms. The number of nitrogens with one attached hydrogen (secondary N) is 1. The second-order valence-electron chi connectivity index (χ2n) is 4.04. The molecule has 1 aromatic rings. The van der Waals surface area contributed by atoms with Gasteiger partial charge in [-0.05, 0) is 18.4 Å². The zero-order valence-corrected chi connectivity index (χ0v) is 9.30. The van der Waals surface area contributed by atoms with Crippen molar-refractivity contribution in [2.24, 2.45) is 10.7 Å². The van der Waals surface area contributed by atoms with Crippen LogP contribution in [0.15, 0.2) is 29.3 Å². The number of guanidine groups is 1. The molecule has 0 aliphatic heterocycles. The lowest BCUT2D eigenvalue weighted by Gasteiger charge is -2.02. The van der Waals surface area contributed by atoms with Crippen molar-refractivity contribution >= 4 is 11.6 Å². The van der Waals surface area contributed by atoms with Gasteiger partial charge in [0.1, 0.15) is 0 Å². The highest BCUT2D eigenvalue weighted by atomic mass is 16.6. The Morgan fingerprint density at radius 2 is 2.12 bits per heavy atom. The molecule has 2 rings (SSSR count). The molecule has 90 valence electrons. The van der Waals surface area contributed by atoms with Gasteiger partial charge < -0.3 is 11.1 Å². The molecule has 0 radical (unpaired) electrons. The normalized spacial score (nSPS) is 15.6. The van der Waals surface area contributed by atoms with Crippen molar-refractivity contribution in [2.75, 3.05) is 0 Å². The number of non-ortho nitro benzene ring substituents is 1. The number of nitrogens with two attached hydrogens (primary N) is 1. The first-order valence-corrected chi connectivity index (χ1v) is 5.45. The minimum absolute atomic E-state index is 0.0850. The molecule has 17 heavy (non-hydrogen) atoms. The summed E-state index contributed by atoms with van der Waals surface area (Å²) in [6, 6.07) is 6.79. The van der Waals surface area contributed by atoms with E-state index >= 15 is 0 Å². The summed E-state index contributed by atoms with van der Waals surface area (Å²) >= 11 is 0. The molecule has 0 aromatic heterocycles. The summed E-state index contributed by atoms with van der Waals surface area (Å²) in [4.78, 5) is 14.2. The van der Waals surface area contributed by atoms with Gasteiger partial charge in [0, 0.05) is 18.2 Å². The van der Waals surface area contributed by atoms with E-state index in [4.69, 9.17) is 5.73 Å². The smallest absolute Gasteiger partial charge is 0.269 e. The molecule has 1 saturated carbocycles. The Labute approximate surface area is 98.7 Å². The molecule has 0 saturated heterocycles. The molecular weight excluding hydrogens is 220 g/mol. The number of hydrogen-bond acceptors (Lipinski definition) is 3. The van der Waals surface area contributed by atoms with Crippen LogP contribution < -0.4 is 11.1 Å². The van der Waals surface area contributed by atoms with Crippen molar-refractivity contribution in [1.29, 1.82) is 0 Å². The maximum absolute atomic E-state index is 10.5. The number of nitro groups is 1. The van der Waals surface area contributed by atoms with Crippen LogP contribution >= 0.6 is 0 Å². The molecule has 0 unspecified atom stereocenters. The van der Waals surface area contributed by atoms with Crippen LogP contribution in [0.25, 0.3) is 0 Å². The molecule has 1 aliphatic carbocycles. The van der Waals surface area contributed by atoms with E-state index in [9.17, 15) is 10.1 Å². The van der Waals surface area contributed by atoms with Gasteiger partial charge in [-0.3, -0.25) is 10.1 Å². The maximum atomic E-state index is 10.5. The van der Waals surface area contributed by atoms with Crippen LogP contribution in [0.5, 0.6) is 0 Å². The molecule has 0 heterocycles. The third-order valence-electron chi connectivity index (χ3n) is 2.51. The number of nitrogens with zero attached hydrogens (tertiary/aromatic N) is 2. The monoisotopic (exact) mass is 234 g/mol. The summed E-state index contributed by atoms with van der Waals surface area (Å²) in [5.41, 5.74) is 6.66. The van der Waals surface area contributed by atoms with Gasteiger partial charge in [-0.2, -0.15) is 0 Å². The molecule has 1 aliphatic rings. The van der Waals surface area contributed by atoms with Crippen LogP contribution in [0.3, 0.4) is 0 Å². The van der Waals surface area contributed by atoms with Crippen LogP contribution in [-0.4, -0.2) is 16.9 Å². The fourth-order valence-corrected chi connectivity index (χ4v) is 1.38. The van der Waals surface area contributed by atoms with Gasteiger partial charge in [0.25, 0.3) is 5.69 Å². The van der Waals surface area contributed by atoms with Gasteiger partial charge in [-0.1, -0.05) is 12.1 Å². The van der Waals surface area contributed by atoms with E-state index in [1.165, 1.54) is 12.1 Å². The second-order valence-corrected chi connectivity index (χ2v) is 4.04. The highest BCUT2D eigenvalue weighted by molar-refractivity contribution is 5.78. The average Bonchev–Trinajstić information content (AvgIpc) is 3.11. The van der Waals surface area contributed by atoms with Crippen LogP contribution in [0.4, 0.5) is 5.69 Å². The highest BCUT2D eigenvalue weighted by Crippen LogP contribution is 2.18. The van der Waals surface area contributed by atoms with Gasteiger partial charge >= 0.3 is 0 Å². The Balaban J connectivity index is 1.91. The van der Waals surface area contributed by atoms with E-state index in [1.807, 2.05) is 0 Å². The zero-order chi connectivity index (χ0) is 12.3. The number of benzene rings is 1. The predicted octanol–water partition coefficient (Wildman–Crippen LogP) is 1.16. The molecule has 3 N–H and O–H groups in total. The molecule has 0 bridgehead atoms. The van der Waals surface area contributed by atoms with Crippen molar-refractivity contribution < 1.29 is 4.92 Å². The highest BCUT2D eigenvalue weighted by Gasteiger charge is 2.21. The van der Waals surface area contributed by atoms with Crippen LogP contribution in [-0.2, 0) is 6.54 Å². The number of nitro benzene ring substituents is 1. The summed E-state index contributed by atoms with van der Waals surface area (Å²) in [6.07, 6.45) is 2.29. The van der Waals surface area contributed by atoms with Crippen molar-refractivity contribution in [2.45, 2.75) is 25.4 Å². The number of rotatable bonds is 4. The Hall–Kier alpha value is -2.11. The average molecular weight is 234 g/mol. The van der Waals surface area contributed by atoms with E-state index in [0.29, 0.717) is 18.5 Å². The minimum Gasteiger partial charge on any atom is -0.370 e. The van der Waals surface area contributed by atoms with Gasteiger partial charge in [0.05, 0.1) is 11.5 Å². The first-order valence-electron chi connectivity index (χ1n) is 5.45. The van der Waals surface area contributed by atoms with Gasteiger partial charge in [0.15, 0.2) is 5.96 Å². The largest absolute Gasteiger partial charge is 0.370 e. The third-order valence-corrected chi connectivity index (χ3v) is 2.51. The SMILES string of the molecule is NC(=NCc1ccc([N+](=O)[O-])cc1)NC1CC1. The summed E-state index contributed by atoms with van der Waals surface area (Å²) in [5, 5.41) is 13.5. The second kappa shape index (κ2) is 4.82. The van der Waals surface area contributed by atoms with Crippen LogP contribution in [0, 0.1) is 10.1 Å². The van der Waals surface area contributed by atoms with E-state index in [-0.39, 0.29) is 5.69 Å². The Bertz CT molecular complexity index is 437. The predicted molar refractivity (Wildman–Crippen MR) is 64.6 cm³/mol.